The third-order valence-corrected chi connectivity index (χ3v) is 17.1. The Bertz CT molecular complexity index is 1950. The van der Waals surface area contributed by atoms with Gasteiger partial charge in [0.1, 0.15) is 67.1 Å². The molecule has 3 fully saturated rings. The summed E-state index contributed by atoms with van der Waals surface area (Å²) in [7, 11) is 0. The van der Waals surface area contributed by atoms with Crippen molar-refractivity contribution in [3.8, 4) is 0 Å². The fourth-order valence-corrected chi connectivity index (χ4v) is 11.6. The quantitative estimate of drug-likeness (QED) is 0.0204. The van der Waals surface area contributed by atoms with E-state index >= 15 is 0 Å². The van der Waals surface area contributed by atoms with Gasteiger partial charge in [0.25, 0.3) is 5.79 Å². The number of carbonyl (C=O) groups excluding carboxylic acids is 2. The van der Waals surface area contributed by atoms with Crippen molar-refractivity contribution in [1.82, 2.24) is 10.6 Å². The second-order valence-electron chi connectivity index (χ2n) is 24.7. The zero-order valence-corrected chi connectivity index (χ0v) is 53.8. The maximum atomic E-state index is 13.4. The number of ether oxygens (including phenoxy) is 6. The smallest absolute Gasteiger partial charge is 0.364 e. The first-order valence-corrected chi connectivity index (χ1v) is 33.9. The van der Waals surface area contributed by atoms with Crippen molar-refractivity contribution >= 4 is 17.8 Å². The van der Waals surface area contributed by atoms with E-state index in [4.69, 9.17) is 28.4 Å². The topological polar surface area (TPSA) is 373 Å². The lowest BCUT2D eigenvalue weighted by Gasteiger charge is -2.50. The molecule has 18 atom stereocenters. The minimum atomic E-state index is -3.08. The fraction of sp³-hybridized carbons (Fsp3) is 0.864. The van der Waals surface area contributed by atoms with Crippen molar-refractivity contribution in [1.29, 1.82) is 0 Å². The molecule has 18 unspecified atom stereocenters. The highest BCUT2D eigenvalue weighted by Crippen LogP contribution is 2.39. The first-order chi connectivity index (χ1) is 42.9. The number of amides is 2. The molecule has 3 aliphatic heterocycles. The van der Waals surface area contributed by atoms with Gasteiger partial charge in [-0.3, -0.25) is 9.59 Å². The van der Waals surface area contributed by atoms with E-state index in [0.29, 0.717) is 12.8 Å². The van der Waals surface area contributed by atoms with Crippen LogP contribution in [0.1, 0.15) is 226 Å². The fourth-order valence-electron chi connectivity index (χ4n) is 11.6. The second kappa shape index (κ2) is 46.9. The van der Waals surface area contributed by atoms with Gasteiger partial charge < -0.3 is 100 Å². The van der Waals surface area contributed by atoms with E-state index in [1.165, 1.54) is 116 Å². The zero-order valence-electron chi connectivity index (χ0n) is 53.8. The third kappa shape index (κ3) is 29.8. The summed E-state index contributed by atoms with van der Waals surface area (Å²) in [5.41, 5.74) is 0. The summed E-state index contributed by atoms with van der Waals surface area (Å²) in [6.45, 7) is 2.09. The van der Waals surface area contributed by atoms with Gasteiger partial charge in [-0.15, -0.1) is 0 Å². The maximum Gasteiger partial charge on any atom is 0.364 e. The van der Waals surface area contributed by atoms with Crippen LogP contribution in [0.15, 0.2) is 36.5 Å². The van der Waals surface area contributed by atoms with Gasteiger partial charge in [-0.05, 0) is 44.9 Å². The molecule has 0 aromatic heterocycles. The molecule has 0 saturated carbocycles. The number of hydrogen-bond donors (Lipinski definition) is 14. The molecule has 0 aliphatic carbocycles. The summed E-state index contributed by atoms with van der Waals surface area (Å²) in [5, 5.41) is 136. The molecule has 0 aromatic carbocycles. The van der Waals surface area contributed by atoms with Gasteiger partial charge in [0.15, 0.2) is 12.6 Å². The molecule has 0 radical (unpaired) electrons. The summed E-state index contributed by atoms with van der Waals surface area (Å²) < 4.78 is 34.8. The Morgan fingerprint density at radius 2 is 1.08 bits per heavy atom. The largest absolute Gasteiger partial charge is 0.477 e. The number of carboxylic acid groups (broad SMARTS) is 1. The summed E-state index contributed by atoms with van der Waals surface area (Å²) >= 11 is 0. The number of hydrogen-bond acceptors (Lipinski definition) is 20. The van der Waals surface area contributed by atoms with E-state index in [1.807, 2.05) is 6.08 Å². The number of carbonyl (C=O) groups is 3. The lowest BCUT2D eigenvalue weighted by molar-refractivity contribution is -0.386. The van der Waals surface area contributed by atoms with E-state index in [2.05, 4.69) is 48.8 Å². The maximum absolute atomic E-state index is 13.4. The standard InChI is InChI=1S/C66H118N2O21/c1-4-6-8-10-12-14-16-18-20-21-22-23-24-26-27-29-31-33-35-37-39-48(73)47(68-53(76)40-38-36-34-32-30-28-25-19-17-15-13-11-9-7-5-2)45-84-63-58(80)57(79)60(52(44-71)86-63)87-64-59(81)62(56(78)51(43-70)85-64)89-66(65(82)83)41-49(74)54(67-46(3)72)61(88-66)55(77)50(75)42-69/h13,15,17,19,37,39,47-52,54-64,69-71,73-75,77-81H,4-12,14,16,18,20-36,38,40-45H2,1-3H3,(H,67,72)(H,68,76)(H,82,83)/b15-13-,19-17-,39-37+. The summed E-state index contributed by atoms with van der Waals surface area (Å²) in [4.78, 5) is 38.5. The Labute approximate surface area is 529 Å². The van der Waals surface area contributed by atoms with E-state index < -0.39 is 155 Å². The molecular weight excluding hydrogens is 1160 g/mol. The lowest BCUT2D eigenvalue weighted by atomic mass is 9.88. The molecule has 0 bridgehead atoms. The number of nitrogens with one attached hydrogen (secondary N) is 2. The van der Waals surface area contributed by atoms with Crippen molar-refractivity contribution in [3.63, 3.8) is 0 Å². The van der Waals surface area contributed by atoms with Crippen LogP contribution in [0.2, 0.25) is 0 Å². The van der Waals surface area contributed by atoms with Crippen LogP contribution in [-0.2, 0) is 42.8 Å². The average molecular weight is 1280 g/mol. The molecule has 2 amide bonds. The van der Waals surface area contributed by atoms with Crippen LogP contribution >= 0.6 is 0 Å². The van der Waals surface area contributed by atoms with Crippen molar-refractivity contribution in [3.05, 3.63) is 36.5 Å². The molecule has 14 N–H and O–H groups in total. The minimum Gasteiger partial charge on any atom is -0.477 e. The molecule has 518 valence electrons. The minimum absolute atomic E-state index is 0.186. The number of aliphatic hydroxyl groups is 11. The number of rotatable bonds is 50. The van der Waals surface area contributed by atoms with Crippen LogP contribution in [0.3, 0.4) is 0 Å². The third-order valence-electron chi connectivity index (χ3n) is 17.1. The number of aliphatic carboxylic acids is 1. The van der Waals surface area contributed by atoms with Crippen LogP contribution in [0, 0.1) is 0 Å². The van der Waals surface area contributed by atoms with Crippen molar-refractivity contribution < 1.29 is 104 Å². The molecule has 0 aromatic rings. The molecular formula is C66H118N2O21. The molecule has 3 aliphatic rings. The van der Waals surface area contributed by atoms with Gasteiger partial charge in [-0.25, -0.2) is 4.79 Å². The molecule has 3 rings (SSSR count). The van der Waals surface area contributed by atoms with Crippen molar-refractivity contribution in [2.45, 2.75) is 336 Å². The number of unbranched alkanes of at least 4 members (excludes halogenated alkanes) is 27. The molecule has 23 nitrogen and oxygen atoms in total. The molecule has 89 heavy (non-hydrogen) atoms. The molecule has 23 heteroatoms. The first kappa shape index (κ1) is 80.2. The van der Waals surface area contributed by atoms with E-state index in [-0.39, 0.29) is 12.3 Å². The van der Waals surface area contributed by atoms with Crippen molar-refractivity contribution in [2.24, 2.45) is 0 Å². The predicted octanol–water partition coefficient (Wildman–Crippen LogP) is 5.45. The van der Waals surface area contributed by atoms with Gasteiger partial charge in [0.2, 0.25) is 11.8 Å². The first-order valence-electron chi connectivity index (χ1n) is 33.9. The van der Waals surface area contributed by atoms with Crippen LogP contribution in [-0.4, -0.2) is 215 Å². The van der Waals surface area contributed by atoms with Gasteiger partial charge in [0.05, 0.1) is 50.7 Å². The summed E-state index contributed by atoms with van der Waals surface area (Å²) in [6, 6.07) is -2.63. The Morgan fingerprint density at radius 1 is 0.596 bits per heavy atom. The Morgan fingerprint density at radius 3 is 1.58 bits per heavy atom. The Balaban J connectivity index is 1.62. The van der Waals surface area contributed by atoms with E-state index in [0.717, 1.165) is 71.1 Å². The summed E-state index contributed by atoms with van der Waals surface area (Å²) in [5.74, 6) is -6.16. The highest BCUT2D eigenvalue weighted by molar-refractivity contribution is 5.77. The van der Waals surface area contributed by atoms with Crippen LogP contribution < -0.4 is 10.6 Å². The van der Waals surface area contributed by atoms with Gasteiger partial charge in [-0.1, -0.05) is 198 Å². The number of carboxylic acids is 1. The molecule has 0 spiro atoms. The van der Waals surface area contributed by atoms with Crippen LogP contribution in [0.25, 0.3) is 0 Å². The monoisotopic (exact) mass is 1270 g/mol. The Hall–Kier alpha value is -3.05. The van der Waals surface area contributed by atoms with Crippen molar-refractivity contribution in [2.75, 3.05) is 26.4 Å². The highest BCUT2D eigenvalue weighted by Gasteiger charge is 2.60. The Kier molecular flexibility index (Phi) is 42.3. The number of allylic oxidation sites excluding steroid dienone is 5. The normalized spacial score (nSPS) is 29.0. The predicted molar refractivity (Wildman–Crippen MR) is 334 cm³/mol. The SMILES string of the molecule is CCCCC/C=C\C=C/CCCCCCCCC(=O)NC(COC1OC(CO)C(OC2OC(CO)C(O)C(OC3(C(=O)O)CC(O)C(NC(C)=O)C(C(O)C(O)CO)O3)C2O)C(O)C1O)C(O)/C=C/CCCCCCCCCCCCCCCCCCCC. The van der Waals surface area contributed by atoms with Crippen LogP contribution in [0.5, 0.6) is 0 Å². The van der Waals surface area contributed by atoms with Gasteiger partial charge in [-0.2, -0.15) is 0 Å². The lowest BCUT2D eigenvalue weighted by Crippen LogP contribution is -2.70. The highest BCUT2D eigenvalue weighted by atomic mass is 16.8. The number of aliphatic hydroxyl groups excluding tert-OH is 11. The molecule has 3 heterocycles. The van der Waals surface area contributed by atoms with Gasteiger partial charge >= 0.3 is 5.97 Å². The van der Waals surface area contributed by atoms with E-state index in [9.17, 15) is 75.7 Å². The summed E-state index contributed by atoms with van der Waals surface area (Å²) in [6.07, 6.45) is 17.6. The second-order valence-corrected chi connectivity index (χ2v) is 24.7. The van der Waals surface area contributed by atoms with E-state index in [1.54, 1.807) is 6.08 Å². The average Bonchev–Trinajstić information content (AvgIpc) is 0.869. The van der Waals surface area contributed by atoms with Gasteiger partial charge in [0, 0.05) is 19.8 Å². The molecule has 3 saturated heterocycles. The van der Waals surface area contributed by atoms with Crippen LogP contribution in [0.4, 0.5) is 0 Å². The zero-order chi connectivity index (χ0) is 65.4.